The molecule has 1 aliphatic rings. The van der Waals surface area contributed by atoms with Crippen LogP contribution in [0.5, 0.6) is 11.5 Å². The summed E-state index contributed by atoms with van der Waals surface area (Å²) in [7, 11) is 1.63. The van der Waals surface area contributed by atoms with E-state index in [4.69, 9.17) is 9.47 Å². The number of allylic oxidation sites excluding steroid dienone is 1. The van der Waals surface area contributed by atoms with Crippen molar-refractivity contribution in [3.05, 3.63) is 66.7 Å². The van der Waals surface area contributed by atoms with Gasteiger partial charge in [0.05, 0.1) is 33.3 Å². The van der Waals surface area contributed by atoms with Crippen LogP contribution in [0.2, 0.25) is 0 Å². The number of aliphatic hydroxyl groups is 1. The van der Waals surface area contributed by atoms with E-state index in [0.717, 1.165) is 38.2 Å². The number of hydrogen-bond acceptors (Lipinski definition) is 4. The fraction of sp³-hybridized carbons (Fsp3) is 0.391. The molecule has 2 aromatic carbocycles. The van der Waals surface area contributed by atoms with Crippen LogP contribution in [0.4, 0.5) is 5.69 Å². The van der Waals surface area contributed by atoms with E-state index in [1.54, 1.807) is 7.11 Å². The summed E-state index contributed by atoms with van der Waals surface area (Å²) in [5.41, 5.74) is 2.40. The molecule has 1 aliphatic heterocycles. The highest BCUT2D eigenvalue weighted by atomic mass is 16.5. The largest absolute Gasteiger partial charge is 0.493 e. The maximum absolute atomic E-state index is 10.4. The molecule has 0 saturated carbocycles. The summed E-state index contributed by atoms with van der Waals surface area (Å²) in [5, 5.41) is 10.4. The van der Waals surface area contributed by atoms with E-state index in [1.807, 2.05) is 30.3 Å². The van der Waals surface area contributed by atoms with Gasteiger partial charge in [0.15, 0.2) is 11.5 Å². The number of rotatable bonds is 9. The molecule has 1 fully saturated rings. The molecule has 0 bridgehead atoms. The number of anilines is 1. The first-order valence-electron chi connectivity index (χ1n) is 9.92. The molecule has 3 rings (SSSR count). The maximum Gasteiger partial charge on any atom is 0.161 e. The Morgan fingerprint density at radius 1 is 1.14 bits per heavy atom. The van der Waals surface area contributed by atoms with Crippen molar-refractivity contribution in [1.29, 1.82) is 0 Å². The summed E-state index contributed by atoms with van der Waals surface area (Å²) in [5.74, 6) is 1.36. The fourth-order valence-corrected chi connectivity index (χ4v) is 3.63. The Kier molecular flexibility index (Phi) is 7.34. The fourth-order valence-electron chi connectivity index (χ4n) is 3.63. The van der Waals surface area contributed by atoms with Crippen LogP contribution in [0.1, 0.15) is 5.56 Å². The average molecular weight is 384 g/mol. The number of nitrogens with zero attached hydrogens (tertiary/aromatic N) is 1. The van der Waals surface area contributed by atoms with Gasteiger partial charge in [-0.15, -0.1) is 6.58 Å². The molecule has 0 spiro atoms. The van der Waals surface area contributed by atoms with E-state index < -0.39 is 6.10 Å². The molecule has 0 aliphatic carbocycles. The molecule has 28 heavy (non-hydrogen) atoms. The van der Waals surface area contributed by atoms with Crippen molar-refractivity contribution in [1.82, 2.24) is 0 Å². The molecule has 0 aromatic heterocycles. The molecule has 5 heteroatoms. The number of para-hydroxylation sites is 1. The minimum absolute atomic E-state index is 0.267. The number of nitrogens with one attached hydrogen (secondary N) is 1. The van der Waals surface area contributed by atoms with Crippen LogP contribution >= 0.6 is 0 Å². The van der Waals surface area contributed by atoms with E-state index >= 15 is 0 Å². The minimum Gasteiger partial charge on any atom is -0.493 e. The van der Waals surface area contributed by atoms with Gasteiger partial charge in [0.25, 0.3) is 0 Å². The summed E-state index contributed by atoms with van der Waals surface area (Å²) in [6.07, 6.45) is 2.15. The van der Waals surface area contributed by atoms with Crippen LogP contribution in [-0.4, -0.2) is 57.7 Å². The van der Waals surface area contributed by atoms with Crippen molar-refractivity contribution < 1.29 is 19.5 Å². The molecule has 1 saturated heterocycles. The molecule has 2 N–H and O–H groups in total. The summed E-state index contributed by atoms with van der Waals surface area (Å²) in [4.78, 5) is 3.82. The van der Waals surface area contributed by atoms with Gasteiger partial charge in [-0.3, -0.25) is 0 Å². The van der Waals surface area contributed by atoms with Gasteiger partial charge < -0.3 is 24.4 Å². The first kappa shape index (κ1) is 20.2. The minimum atomic E-state index is -0.504. The molecule has 0 radical (unpaired) electrons. The van der Waals surface area contributed by atoms with Gasteiger partial charge in [0.1, 0.15) is 19.3 Å². The summed E-state index contributed by atoms with van der Waals surface area (Å²) >= 11 is 0. The highest BCUT2D eigenvalue weighted by Crippen LogP contribution is 2.28. The van der Waals surface area contributed by atoms with Crippen LogP contribution in [0, 0.1) is 0 Å². The normalized spacial score (nSPS) is 15.9. The van der Waals surface area contributed by atoms with E-state index in [9.17, 15) is 5.11 Å². The Hall–Kier alpha value is -2.50. The first-order valence-corrected chi connectivity index (χ1v) is 9.92. The number of hydrogen-bond donors (Lipinski definition) is 2. The van der Waals surface area contributed by atoms with Gasteiger partial charge in [0, 0.05) is 5.69 Å². The zero-order valence-corrected chi connectivity index (χ0v) is 16.6. The number of benzene rings is 2. The molecule has 5 nitrogen and oxygen atoms in total. The second kappa shape index (κ2) is 10.2. The number of aliphatic hydroxyl groups excluding tert-OH is 1. The van der Waals surface area contributed by atoms with Gasteiger partial charge in [-0.2, -0.15) is 0 Å². The third-order valence-corrected chi connectivity index (χ3v) is 5.16. The highest BCUT2D eigenvalue weighted by molar-refractivity contribution is 5.46. The Balaban J connectivity index is 1.45. The number of ether oxygens (including phenoxy) is 2. The standard InChI is InChI=1S/C23H30N2O3/c1-3-7-19-10-11-22(23(16-19)27-2)28-18-21(26)17-24-12-14-25(15-13-24)20-8-5-4-6-9-20/h3-6,8-11,16,21,26H,1,7,12-15,17-18H2,2H3/p+1/t21-/m1/s1. The van der Waals surface area contributed by atoms with Crippen molar-refractivity contribution >= 4 is 5.69 Å². The van der Waals surface area contributed by atoms with Crippen LogP contribution in [0.25, 0.3) is 0 Å². The first-order chi connectivity index (χ1) is 13.7. The van der Waals surface area contributed by atoms with Gasteiger partial charge >= 0.3 is 0 Å². The molecule has 0 unspecified atom stereocenters. The van der Waals surface area contributed by atoms with Crippen molar-refractivity contribution in [2.45, 2.75) is 12.5 Å². The van der Waals surface area contributed by atoms with Crippen molar-refractivity contribution in [2.75, 3.05) is 51.3 Å². The highest BCUT2D eigenvalue weighted by Gasteiger charge is 2.23. The Morgan fingerprint density at radius 2 is 1.89 bits per heavy atom. The van der Waals surface area contributed by atoms with Crippen LogP contribution < -0.4 is 19.3 Å². The molecule has 2 aromatic rings. The quantitative estimate of drug-likeness (QED) is 0.646. The lowest BCUT2D eigenvalue weighted by atomic mass is 10.1. The topological polar surface area (TPSA) is 46.4 Å². The second-order valence-corrected chi connectivity index (χ2v) is 7.22. The van der Waals surface area contributed by atoms with Crippen molar-refractivity contribution in [3.8, 4) is 11.5 Å². The SMILES string of the molecule is C=CCc1ccc(OC[C@H](O)C[NH+]2CCN(c3ccccc3)CC2)c(OC)c1. The maximum atomic E-state index is 10.4. The van der Waals surface area contributed by atoms with Crippen LogP contribution in [0.3, 0.4) is 0 Å². The lowest BCUT2D eigenvalue weighted by molar-refractivity contribution is -0.903. The molecule has 1 heterocycles. The van der Waals surface area contributed by atoms with E-state index in [0.29, 0.717) is 18.0 Å². The Bertz CT molecular complexity index is 743. The van der Waals surface area contributed by atoms with Gasteiger partial charge in [0.2, 0.25) is 0 Å². The third-order valence-electron chi connectivity index (χ3n) is 5.16. The van der Waals surface area contributed by atoms with Crippen molar-refractivity contribution in [3.63, 3.8) is 0 Å². The van der Waals surface area contributed by atoms with Crippen molar-refractivity contribution in [2.24, 2.45) is 0 Å². The second-order valence-electron chi connectivity index (χ2n) is 7.22. The van der Waals surface area contributed by atoms with Gasteiger partial charge in [-0.1, -0.05) is 30.3 Å². The smallest absolute Gasteiger partial charge is 0.161 e. The molecule has 150 valence electrons. The zero-order chi connectivity index (χ0) is 19.8. The number of methoxy groups -OCH3 is 1. The predicted octanol–water partition coefficient (Wildman–Crippen LogP) is 1.57. The van der Waals surface area contributed by atoms with E-state index in [2.05, 4.69) is 35.7 Å². The van der Waals surface area contributed by atoms with Crippen LogP contribution in [-0.2, 0) is 6.42 Å². The predicted molar refractivity (Wildman–Crippen MR) is 113 cm³/mol. The van der Waals surface area contributed by atoms with E-state index in [1.165, 1.54) is 10.6 Å². The average Bonchev–Trinajstić information content (AvgIpc) is 2.74. The Labute approximate surface area is 167 Å². The third kappa shape index (κ3) is 5.50. The zero-order valence-electron chi connectivity index (χ0n) is 16.6. The number of piperazine rings is 1. The summed E-state index contributed by atoms with van der Waals surface area (Å²) in [6.45, 7) is 8.77. The summed E-state index contributed by atoms with van der Waals surface area (Å²) < 4.78 is 11.2. The lowest BCUT2D eigenvalue weighted by Gasteiger charge is -2.34. The van der Waals surface area contributed by atoms with Gasteiger partial charge in [-0.25, -0.2) is 0 Å². The van der Waals surface area contributed by atoms with Crippen LogP contribution in [0.15, 0.2) is 61.2 Å². The molecular weight excluding hydrogens is 352 g/mol. The monoisotopic (exact) mass is 383 g/mol. The lowest BCUT2D eigenvalue weighted by Crippen LogP contribution is -3.16. The van der Waals surface area contributed by atoms with E-state index in [-0.39, 0.29) is 6.61 Å². The Morgan fingerprint density at radius 3 is 2.57 bits per heavy atom. The molecule has 1 atom stereocenters. The number of quaternary nitrogens is 1. The molecular formula is C23H31N2O3+. The van der Waals surface area contributed by atoms with Gasteiger partial charge in [-0.05, 0) is 36.2 Å². The summed E-state index contributed by atoms with van der Waals surface area (Å²) in [6, 6.07) is 16.4. The molecule has 0 amide bonds.